The number of benzene rings is 2. The highest BCUT2D eigenvalue weighted by atomic mass is 16.5. The molecule has 0 bridgehead atoms. The third kappa shape index (κ3) is 11.2. The number of hydrogen-bond donors (Lipinski definition) is 2. The Balaban J connectivity index is 1.23. The van der Waals surface area contributed by atoms with E-state index in [-0.39, 0.29) is 48.8 Å². The quantitative estimate of drug-likeness (QED) is 0.146. The molecule has 13 heteroatoms. The number of likely N-dealkylation sites (N-methyl/N-ethyl adjacent to an activating group) is 1. The Bertz CT molecular complexity index is 2340. The van der Waals surface area contributed by atoms with Crippen LogP contribution in [0.2, 0.25) is 0 Å². The molecule has 2 aromatic carbocycles. The number of carbonyl (C=O) groups excluding carboxylic acids is 4. The minimum Gasteiger partial charge on any atom is -0.375 e. The van der Waals surface area contributed by atoms with Gasteiger partial charge < -0.3 is 24.4 Å². The number of hydrazine groups is 1. The molecule has 2 fully saturated rings. The van der Waals surface area contributed by atoms with Crippen molar-refractivity contribution in [2.24, 2.45) is 11.8 Å². The average Bonchev–Trinajstić information content (AvgIpc) is 3.90. The van der Waals surface area contributed by atoms with E-state index in [0.29, 0.717) is 38.5 Å². The van der Waals surface area contributed by atoms with Gasteiger partial charge in [-0.15, -0.1) is 0 Å². The Morgan fingerprint density at radius 1 is 0.968 bits per heavy atom. The highest BCUT2D eigenvalue weighted by Gasteiger charge is 2.34. The molecule has 4 atom stereocenters. The molecule has 0 radical (unpaired) electrons. The Kier molecular flexibility index (Phi) is 15.8. The maximum atomic E-state index is 14.1. The zero-order valence-corrected chi connectivity index (χ0v) is 38.7. The Labute approximate surface area is 373 Å². The van der Waals surface area contributed by atoms with Gasteiger partial charge in [0, 0.05) is 90.1 Å². The first-order valence-corrected chi connectivity index (χ1v) is 22.5. The summed E-state index contributed by atoms with van der Waals surface area (Å²) < 4.78 is 8.17. The second kappa shape index (κ2) is 21.2. The van der Waals surface area contributed by atoms with Crippen molar-refractivity contribution in [3.05, 3.63) is 77.6 Å². The van der Waals surface area contributed by atoms with Crippen molar-refractivity contribution in [3.8, 4) is 34.2 Å². The number of pyridine rings is 1. The van der Waals surface area contributed by atoms with Crippen LogP contribution in [0.3, 0.4) is 0 Å². The second-order valence-electron chi connectivity index (χ2n) is 17.7. The van der Waals surface area contributed by atoms with Crippen LogP contribution in [0, 0.1) is 23.7 Å². The van der Waals surface area contributed by atoms with Gasteiger partial charge in [0.2, 0.25) is 11.8 Å². The number of methoxy groups -OCH3 is 1. The predicted molar refractivity (Wildman–Crippen MR) is 248 cm³/mol. The number of carbonyl (C=O) groups is 4. The third-order valence-corrected chi connectivity index (χ3v) is 12.3. The molecular formula is C50H66N8O5. The molecule has 6 rings (SSSR count). The highest BCUT2D eigenvalue weighted by Crippen LogP contribution is 2.40. The topological polar surface area (TPSA) is 132 Å². The van der Waals surface area contributed by atoms with Crippen LogP contribution >= 0.6 is 0 Å². The summed E-state index contributed by atoms with van der Waals surface area (Å²) in [4.78, 5) is 63.1. The Hall–Kier alpha value is -5.55. The summed E-state index contributed by atoms with van der Waals surface area (Å²) in [6, 6.07) is 18.0. The summed E-state index contributed by atoms with van der Waals surface area (Å²) in [5, 5.41) is 5.83. The molecule has 4 heterocycles. The van der Waals surface area contributed by atoms with E-state index in [2.05, 4.69) is 89.2 Å². The fourth-order valence-electron chi connectivity index (χ4n) is 8.84. The zero-order chi connectivity index (χ0) is 45.4. The molecular weight excluding hydrogens is 793 g/mol. The summed E-state index contributed by atoms with van der Waals surface area (Å²) >= 11 is 0. The van der Waals surface area contributed by atoms with Crippen LogP contribution in [0.4, 0.5) is 0 Å². The van der Waals surface area contributed by atoms with E-state index in [1.54, 1.807) is 33.3 Å². The molecule has 13 nitrogen and oxygen atoms in total. The number of rotatable bonds is 15. The van der Waals surface area contributed by atoms with Gasteiger partial charge in [-0.25, -0.2) is 5.43 Å². The summed E-state index contributed by atoms with van der Waals surface area (Å²) in [7, 11) is 6.67. The van der Waals surface area contributed by atoms with Crippen molar-refractivity contribution in [1.82, 2.24) is 40.0 Å². The lowest BCUT2D eigenvalue weighted by Crippen LogP contribution is -2.57. The molecule has 0 saturated carbocycles. The Morgan fingerprint density at radius 3 is 2.44 bits per heavy atom. The molecule has 4 amide bonds. The van der Waals surface area contributed by atoms with Gasteiger partial charge in [-0.1, -0.05) is 50.1 Å². The number of ether oxygens (including phenoxy) is 1. The van der Waals surface area contributed by atoms with Gasteiger partial charge in [0.15, 0.2) is 0 Å². The maximum Gasteiger partial charge on any atom is 0.297 e. The zero-order valence-electron chi connectivity index (χ0n) is 38.7. The second-order valence-corrected chi connectivity index (χ2v) is 17.7. The van der Waals surface area contributed by atoms with Gasteiger partial charge in [-0.05, 0) is 105 Å². The minimum absolute atomic E-state index is 0.134. The number of likely N-dealkylation sites (tertiary alicyclic amines) is 1. The van der Waals surface area contributed by atoms with E-state index < -0.39 is 11.9 Å². The molecule has 0 spiro atoms. The van der Waals surface area contributed by atoms with E-state index in [1.165, 1.54) is 26.4 Å². The van der Waals surface area contributed by atoms with Crippen LogP contribution < -0.4 is 10.7 Å². The summed E-state index contributed by atoms with van der Waals surface area (Å²) in [5.41, 5.74) is 11.8. The number of hydrogen-bond acceptors (Lipinski definition) is 8. The van der Waals surface area contributed by atoms with Gasteiger partial charge in [0.1, 0.15) is 6.04 Å². The molecule has 2 N–H and O–H groups in total. The third-order valence-electron chi connectivity index (χ3n) is 12.3. The molecule has 2 saturated heterocycles. The molecule has 63 heavy (non-hydrogen) atoms. The number of nitrogens with one attached hydrogen (secondary N) is 2. The smallest absolute Gasteiger partial charge is 0.297 e. The lowest BCUT2D eigenvalue weighted by atomic mass is 9.93. The van der Waals surface area contributed by atoms with Crippen LogP contribution in [0.25, 0.3) is 33.3 Å². The first-order chi connectivity index (χ1) is 30.2. The standard InChI is InChI=1S/C50H66N8O5/c1-10-57-44-20-19-38(30-41(44)42(27-33(2)3)48(57)40-17-14-23-51-47(40)35(5)63-9)37-16-13-15-36(28-37)29-43(50(62)58-25-12-11-24-52-58)53-45(59)32-55(8)49(61)39-22-26-56(31-39)34(4)18-21-46(60)54(6)7/h13-17,19-20,23,28,30,33-35,39,43,52H,10-12,22,24-27,29,31-32H2,1-9H3,(H,53,59). The number of aryl methyl sites for hydroxylation is 1. The van der Waals surface area contributed by atoms with E-state index in [1.807, 2.05) is 38.2 Å². The van der Waals surface area contributed by atoms with E-state index in [4.69, 9.17) is 9.72 Å². The summed E-state index contributed by atoms with van der Waals surface area (Å²) in [6.45, 7) is 13.7. The van der Waals surface area contributed by atoms with Crippen LogP contribution in [-0.4, -0.2) is 126 Å². The molecule has 2 aromatic heterocycles. The largest absolute Gasteiger partial charge is 0.375 e. The molecule has 2 aliphatic heterocycles. The number of nitrogens with zero attached hydrogens (tertiary/aromatic N) is 6. The monoisotopic (exact) mass is 859 g/mol. The number of amides is 4. The van der Waals surface area contributed by atoms with Crippen molar-refractivity contribution in [2.75, 3.05) is 61.0 Å². The van der Waals surface area contributed by atoms with Crippen molar-refractivity contribution in [2.45, 2.75) is 91.5 Å². The van der Waals surface area contributed by atoms with Crippen LogP contribution in [0.5, 0.6) is 0 Å². The van der Waals surface area contributed by atoms with Crippen LogP contribution in [0.1, 0.15) is 76.8 Å². The average molecular weight is 859 g/mol. The fourth-order valence-corrected chi connectivity index (χ4v) is 8.84. The van der Waals surface area contributed by atoms with Crippen molar-refractivity contribution in [3.63, 3.8) is 0 Å². The van der Waals surface area contributed by atoms with Crippen molar-refractivity contribution < 1.29 is 23.9 Å². The fraction of sp³-hybridized carbons (Fsp3) is 0.500. The van der Waals surface area contributed by atoms with E-state index in [0.717, 1.165) is 59.3 Å². The van der Waals surface area contributed by atoms with E-state index in [9.17, 15) is 19.2 Å². The predicted octanol–water partition coefficient (Wildman–Crippen LogP) is 5.71. The molecule has 336 valence electrons. The van der Waals surface area contributed by atoms with Gasteiger partial charge in [0.05, 0.1) is 36.0 Å². The van der Waals surface area contributed by atoms with Gasteiger partial charge in [0.25, 0.3) is 11.8 Å². The normalized spacial score (nSPS) is 16.9. The first-order valence-electron chi connectivity index (χ1n) is 22.5. The van der Waals surface area contributed by atoms with Gasteiger partial charge in [-0.2, -0.15) is 0 Å². The number of fused-ring (bicyclic) bond motifs is 1. The SMILES string of the molecule is CCn1c(-c2cccnc2C(C)OC)c(CC(C)C)c2cc(-c3cccc(CC(NC(=O)CN(C)C(=O)C4CCN(C(C)C#CC(=O)N(C)C)C4)C(=O)N4CCCCN4)c3)ccc21. The highest BCUT2D eigenvalue weighted by molar-refractivity contribution is 5.96. The first kappa shape index (κ1) is 46.9. The number of aromatic nitrogens is 2. The summed E-state index contributed by atoms with van der Waals surface area (Å²) in [5.74, 6) is 4.78. The van der Waals surface area contributed by atoms with Gasteiger partial charge in [-0.3, -0.25) is 34.1 Å². The maximum absolute atomic E-state index is 14.1. The van der Waals surface area contributed by atoms with Crippen molar-refractivity contribution >= 4 is 34.5 Å². The van der Waals surface area contributed by atoms with Crippen molar-refractivity contribution in [1.29, 1.82) is 0 Å². The molecule has 4 unspecified atom stereocenters. The molecule has 4 aromatic rings. The lowest BCUT2D eigenvalue weighted by Gasteiger charge is -2.31. The molecule has 2 aliphatic rings. The van der Waals surface area contributed by atoms with Gasteiger partial charge >= 0.3 is 0 Å². The van der Waals surface area contributed by atoms with Crippen LogP contribution in [-0.2, 0) is 43.3 Å². The van der Waals surface area contributed by atoms with E-state index >= 15 is 0 Å². The molecule has 0 aliphatic carbocycles. The summed E-state index contributed by atoms with van der Waals surface area (Å²) in [6.07, 6.45) is 5.30. The lowest BCUT2D eigenvalue weighted by molar-refractivity contribution is -0.141. The minimum atomic E-state index is -0.849. The van der Waals surface area contributed by atoms with Crippen LogP contribution in [0.15, 0.2) is 60.8 Å². The Morgan fingerprint density at radius 2 is 1.75 bits per heavy atom.